The van der Waals surface area contributed by atoms with Crippen molar-refractivity contribution in [2.45, 2.75) is 19.9 Å². The van der Waals surface area contributed by atoms with E-state index in [-0.39, 0.29) is 46.3 Å². The zero-order valence-electron chi connectivity index (χ0n) is 21.1. The summed E-state index contributed by atoms with van der Waals surface area (Å²) in [6.07, 6.45) is 0.781. The second kappa shape index (κ2) is 12.5. The number of ether oxygens (including phenoxy) is 1. The van der Waals surface area contributed by atoms with Crippen molar-refractivity contribution in [1.29, 1.82) is 0 Å². The van der Waals surface area contributed by atoms with Gasteiger partial charge in [-0.25, -0.2) is 4.98 Å². The average Bonchev–Trinajstić information content (AvgIpc) is 2.88. The van der Waals surface area contributed by atoms with E-state index >= 15 is 0 Å². The van der Waals surface area contributed by atoms with E-state index in [0.29, 0.717) is 16.3 Å². The molecule has 3 rings (SSSR count). The smallest absolute Gasteiger partial charge is 0.253 e. The van der Waals surface area contributed by atoms with Gasteiger partial charge in [-0.15, -0.1) is 0 Å². The number of benzene rings is 2. The molecule has 12 heteroatoms. The molecule has 3 aromatic rings. The SMILES string of the molecule is COc1ccnc(C(=O)CC(=O)N(Cc2ccc(Cl)c(Cl)c2)c2cc(NC(C)=O)cc(C(=O)N(C)C)c2)n1. The molecule has 0 saturated carbocycles. The van der Waals surface area contributed by atoms with Crippen LogP contribution < -0.4 is 15.0 Å². The molecule has 0 unspecified atom stereocenters. The first-order valence-corrected chi connectivity index (χ1v) is 12.0. The molecule has 1 N–H and O–H groups in total. The highest BCUT2D eigenvalue weighted by Gasteiger charge is 2.24. The number of hydrogen-bond donors (Lipinski definition) is 1. The van der Waals surface area contributed by atoms with Crippen molar-refractivity contribution in [3.05, 3.63) is 75.7 Å². The fourth-order valence-electron chi connectivity index (χ4n) is 3.47. The normalized spacial score (nSPS) is 10.5. The molecule has 3 amide bonds. The molecule has 1 heterocycles. The number of nitrogens with zero attached hydrogens (tertiary/aromatic N) is 4. The minimum atomic E-state index is -0.629. The molecular formula is C26H25Cl2N5O5. The summed E-state index contributed by atoms with van der Waals surface area (Å²) in [6, 6.07) is 10.9. The number of aromatic nitrogens is 2. The van der Waals surface area contributed by atoms with Crippen LogP contribution in [0.5, 0.6) is 5.88 Å². The summed E-state index contributed by atoms with van der Waals surface area (Å²) >= 11 is 12.2. The van der Waals surface area contributed by atoms with E-state index in [0.717, 1.165) is 0 Å². The Morgan fingerprint density at radius 1 is 1.00 bits per heavy atom. The van der Waals surface area contributed by atoms with Gasteiger partial charge in [-0.05, 0) is 35.9 Å². The van der Waals surface area contributed by atoms with Gasteiger partial charge < -0.3 is 19.9 Å². The molecule has 0 aliphatic carbocycles. The highest BCUT2D eigenvalue weighted by atomic mass is 35.5. The van der Waals surface area contributed by atoms with Gasteiger partial charge in [0.2, 0.25) is 23.5 Å². The third-order valence-corrected chi connectivity index (χ3v) is 5.97. The number of methoxy groups -OCH3 is 1. The van der Waals surface area contributed by atoms with E-state index in [4.69, 9.17) is 27.9 Å². The standard InChI is InChI=1S/C26H25Cl2N5O5/c1-15(34)30-18-10-17(26(37)32(2)3)11-19(12-18)33(14-16-5-6-20(27)21(28)9-16)24(36)13-22(35)25-29-8-7-23(31-25)38-4/h5-12H,13-14H2,1-4H3,(H,30,34). The van der Waals surface area contributed by atoms with Crippen LogP contribution in [0.3, 0.4) is 0 Å². The first-order valence-electron chi connectivity index (χ1n) is 11.3. The molecule has 38 heavy (non-hydrogen) atoms. The zero-order chi connectivity index (χ0) is 28.0. The van der Waals surface area contributed by atoms with Crippen molar-refractivity contribution in [3.8, 4) is 5.88 Å². The Hall–Kier alpha value is -4.02. The maximum absolute atomic E-state index is 13.6. The van der Waals surface area contributed by atoms with Gasteiger partial charge in [0.05, 0.1) is 30.1 Å². The van der Waals surface area contributed by atoms with Crippen LogP contribution in [0.25, 0.3) is 0 Å². The van der Waals surface area contributed by atoms with E-state index in [1.807, 2.05) is 0 Å². The highest BCUT2D eigenvalue weighted by Crippen LogP contribution is 2.28. The number of carbonyl (C=O) groups is 4. The van der Waals surface area contributed by atoms with E-state index in [1.54, 1.807) is 32.3 Å². The van der Waals surface area contributed by atoms with Crippen LogP contribution in [0.2, 0.25) is 10.0 Å². The fourth-order valence-corrected chi connectivity index (χ4v) is 3.79. The van der Waals surface area contributed by atoms with E-state index < -0.39 is 18.1 Å². The monoisotopic (exact) mass is 557 g/mol. The van der Waals surface area contributed by atoms with E-state index in [9.17, 15) is 19.2 Å². The van der Waals surface area contributed by atoms with Crippen molar-refractivity contribution in [3.63, 3.8) is 0 Å². The summed E-state index contributed by atoms with van der Waals surface area (Å²) < 4.78 is 5.03. The van der Waals surface area contributed by atoms with Gasteiger partial charge in [0.25, 0.3) is 5.91 Å². The molecule has 198 valence electrons. The Morgan fingerprint density at radius 3 is 2.37 bits per heavy atom. The van der Waals surface area contributed by atoms with Gasteiger partial charge in [-0.3, -0.25) is 19.2 Å². The zero-order valence-corrected chi connectivity index (χ0v) is 22.6. The summed E-state index contributed by atoms with van der Waals surface area (Å²) in [5.74, 6) is -1.94. The molecule has 10 nitrogen and oxygen atoms in total. The maximum Gasteiger partial charge on any atom is 0.253 e. The number of ketones is 1. The number of amides is 3. The largest absolute Gasteiger partial charge is 0.481 e. The van der Waals surface area contributed by atoms with Gasteiger partial charge in [-0.1, -0.05) is 29.3 Å². The predicted molar refractivity (Wildman–Crippen MR) is 144 cm³/mol. The lowest BCUT2D eigenvalue weighted by atomic mass is 10.1. The first-order chi connectivity index (χ1) is 18.0. The van der Waals surface area contributed by atoms with Gasteiger partial charge >= 0.3 is 0 Å². The Morgan fingerprint density at radius 2 is 1.74 bits per heavy atom. The third-order valence-electron chi connectivity index (χ3n) is 5.23. The Bertz CT molecular complexity index is 1400. The molecule has 0 fully saturated rings. The second-order valence-electron chi connectivity index (χ2n) is 8.40. The number of Topliss-reactive ketones (excluding diaryl/α,β-unsaturated/α-hetero) is 1. The average molecular weight is 558 g/mol. The lowest BCUT2D eigenvalue weighted by Gasteiger charge is -2.25. The Balaban J connectivity index is 2.06. The van der Waals surface area contributed by atoms with E-state index in [2.05, 4.69) is 15.3 Å². The lowest BCUT2D eigenvalue weighted by Crippen LogP contribution is -2.33. The molecular weight excluding hydrogens is 533 g/mol. The topological polar surface area (TPSA) is 122 Å². The number of carbonyl (C=O) groups excluding carboxylic acids is 4. The quantitative estimate of drug-likeness (QED) is 0.308. The number of hydrogen-bond acceptors (Lipinski definition) is 7. The molecule has 0 aliphatic rings. The molecule has 0 radical (unpaired) electrons. The number of nitrogens with one attached hydrogen (secondary N) is 1. The van der Waals surface area contributed by atoms with Gasteiger partial charge in [0, 0.05) is 50.2 Å². The molecule has 2 aromatic carbocycles. The number of halogens is 2. The van der Waals surface area contributed by atoms with Crippen molar-refractivity contribution in [1.82, 2.24) is 14.9 Å². The summed E-state index contributed by atoms with van der Waals surface area (Å²) in [6.45, 7) is 1.31. The molecule has 0 spiro atoms. The van der Waals surface area contributed by atoms with Gasteiger partial charge in [0.15, 0.2) is 5.82 Å². The molecule has 0 bridgehead atoms. The highest BCUT2D eigenvalue weighted by molar-refractivity contribution is 6.42. The predicted octanol–water partition coefficient (Wildman–Crippen LogP) is 4.26. The minimum absolute atomic E-state index is 0.0128. The molecule has 0 atom stereocenters. The number of rotatable bonds is 9. The van der Waals surface area contributed by atoms with Crippen LogP contribution >= 0.6 is 23.2 Å². The first kappa shape index (κ1) is 28.5. The summed E-state index contributed by atoms with van der Waals surface area (Å²) in [5.41, 5.74) is 1.42. The van der Waals surface area contributed by atoms with Crippen LogP contribution in [-0.2, 0) is 16.1 Å². The van der Waals surface area contributed by atoms with Crippen molar-refractivity contribution >= 4 is 58.1 Å². The van der Waals surface area contributed by atoms with Crippen LogP contribution in [0.4, 0.5) is 11.4 Å². The minimum Gasteiger partial charge on any atom is -0.481 e. The Kier molecular flexibility index (Phi) is 9.38. The van der Waals surface area contributed by atoms with Crippen molar-refractivity contribution in [2.24, 2.45) is 0 Å². The Labute approximate surface area is 229 Å². The second-order valence-corrected chi connectivity index (χ2v) is 9.21. The van der Waals surface area contributed by atoms with E-state index in [1.165, 1.54) is 54.3 Å². The van der Waals surface area contributed by atoms with Crippen LogP contribution in [-0.4, -0.2) is 59.6 Å². The van der Waals surface area contributed by atoms with Crippen LogP contribution in [0.1, 0.15) is 39.9 Å². The van der Waals surface area contributed by atoms with Gasteiger partial charge in [-0.2, -0.15) is 4.98 Å². The third kappa shape index (κ3) is 7.27. The number of anilines is 2. The summed E-state index contributed by atoms with van der Waals surface area (Å²) in [5, 5.41) is 3.27. The van der Waals surface area contributed by atoms with Gasteiger partial charge in [0.1, 0.15) is 0 Å². The van der Waals surface area contributed by atoms with Crippen LogP contribution in [0.15, 0.2) is 48.7 Å². The molecule has 1 aromatic heterocycles. The van der Waals surface area contributed by atoms with Crippen molar-refractivity contribution < 1.29 is 23.9 Å². The maximum atomic E-state index is 13.6. The summed E-state index contributed by atoms with van der Waals surface area (Å²) in [7, 11) is 4.56. The molecule has 0 aliphatic heterocycles. The molecule has 0 saturated heterocycles. The van der Waals surface area contributed by atoms with Crippen LogP contribution in [0, 0.1) is 0 Å². The lowest BCUT2D eigenvalue weighted by molar-refractivity contribution is -0.118. The van der Waals surface area contributed by atoms with Crippen molar-refractivity contribution in [2.75, 3.05) is 31.4 Å². The fraction of sp³-hybridized carbons (Fsp3) is 0.231. The summed E-state index contributed by atoms with van der Waals surface area (Å²) in [4.78, 5) is 61.7.